The first-order valence-electron chi connectivity index (χ1n) is 6.49. The first-order valence-corrected chi connectivity index (χ1v) is 6.49. The van der Waals surface area contributed by atoms with Gasteiger partial charge in [0.25, 0.3) is 0 Å². The predicted octanol–water partition coefficient (Wildman–Crippen LogP) is 2.00. The van der Waals surface area contributed by atoms with Crippen LogP contribution in [0.4, 0.5) is 5.69 Å². The highest BCUT2D eigenvalue weighted by Crippen LogP contribution is 2.41. The highest BCUT2D eigenvalue weighted by Gasteiger charge is 2.43. The molecule has 0 saturated heterocycles. The van der Waals surface area contributed by atoms with Gasteiger partial charge in [0.05, 0.1) is 22.5 Å². The largest absolute Gasteiger partial charge is 0.481 e. The molecule has 1 aliphatic rings. The van der Waals surface area contributed by atoms with E-state index >= 15 is 0 Å². The summed E-state index contributed by atoms with van der Waals surface area (Å²) < 4.78 is 0. The molecule has 1 saturated carbocycles. The minimum Gasteiger partial charge on any atom is -0.481 e. The van der Waals surface area contributed by atoms with E-state index in [4.69, 9.17) is 0 Å². The van der Waals surface area contributed by atoms with Crippen molar-refractivity contribution in [3.8, 4) is 0 Å². The lowest BCUT2D eigenvalue weighted by molar-refractivity contribution is -0.150. The monoisotopic (exact) mass is 265 g/mol. The maximum Gasteiger partial charge on any atom is 0.310 e. The average Bonchev–Trinajstić information content (AvgIpc) is 2.92. The average molecular weight is 265 g/mol. The van der Waals surface area contributed by atoms with Crippen molar-refractivity contribution in [1.29, 1.82) is 0 Å². The first kappa shape index (κ1) is 13.6. The summed E-state index contributed by atoms with van der Waals surface area (Å²) >= 11 is 0. The first-order chi connectivity index (χ1) is 8.94. The summed E-state index contributed by atoms with van der Waals surface area (Å²) in [6.07, 6.45) is 2.96. The van der Waals surface area contributed by atoms with Gasteiger partial charge in [0.2, 0.25) is 5.91 Å². The number of anilines is 1. The second kappa shape index (κ2) is 5.03. The lowest BCUT2D eigenvalue weighted by Gasteiger charge is -2.22. The van der Waals surface area contributed by atoms with E-state index in [0.29, 0.717) is 24.2 Å². The Morgan fingerprint density at radius 1 is 1.37 bits per heavy atom. The fourth-order valence-corrected chi connectivity index (χ4v) is 2.74. The smallest absolute Gasteiger partial charge is 0.310 e. The molecule has 0 radical (unpaired) electrons. The lowest BCUT2D eigenvalue weighted by Crippen LogP contribution is -2.32. The zero-order valence-corrected chi connectivity index (χ0v) is 11.2. The number of carboxylic acids is 1. The molecule has 1 fully saturated rings. The van der Waals surface area contributed by atoms with Crippen LogP contribution in [-0.4, -0.2) is 27.2 Å². The minimum absolute atomic E-state index is 0.0341. The van der Waals surface area contributed by atoms with Crippen LogP contribution in [0.1, 0.15) is 43.5 Å². The molecule has 1 amide bonds. The number of nitrogens with one attached hydrogen (secondary N) is 2. The number of nitrogens with zero attached hydrogens (tertiary/aromatic N) is 1. The van der Waals surface area contributed by atoms with Crippen molar-refractivity contribution in [2.75, 3.05) is 5.32 Å². The number of H-pyrrole nitrogens is 1. The molecule has 3 N–H and O–H groups in total. The van der Waals surface area contributed by atoms with E-state index in [0.717, 1.165) is 18.5 Å². The molecule has 19 heavy (non-hydrogen) atoms. The van der Waals surface area contributed by atoms with Crippen LogP contribution in [0.5, 0.6) is 0 Å². The van der Waals surface area contributed by atoms with Gasteiger partial charge >= 0.3 is 5.97 Å². The number of aliphatic carboxylic acids is 1. The molecule has 1 aromatic rings. The Hall–Kier alpha value is -1.85. The van der Waals surface area contributed by atoms with Crippen LogP contribution >= 0.6 is 0 Å². The van der Waals surface area contributed by atoms with Gasteiger partial charge in [-0.15, -0.1) is 0 Å². The Kier molecular flexibility index (Phi) is 3.59. The van der Waals surface area contributed by atoms with Gasteiger partial charge in [0.1, 0.15) is 0 Å². The molecule has 1 heterocycles. The van der Waals surface area contributed by atoms with E-state index in [2.05, 4.69) is 15.5 Å². The van der Waals surface area contributed by atoms with Crippen molar-refractivity contribution >= 4 is 17.6 Å². The van der Waals surface area contributed by atoms with Gasteiger partial charge in [0.15, 0.2) is 0 Å². The molecule has 2 rings (SSSR count). The van der Waals surface area contributed by atoms with E-state index in [9.17, 15) is 14.7 Å². The molecule has 1 aromatic heterocycles. The number of amides is 1. The zero-order valence-electron chi connectivity index (χ0n) is 11.2. The van der Waals surface area contributed by atoms with Crippen LogP contribution in [0.2, 0.25) is 0 Å². The number of aromatic nitrogens is 2. The Labute approximate surface area is 111 Å². The number of hydrogen-bond donors (Lipinski definition) is 3. The minimum atomic E-state index is -0.879. The quantitative estimate of drug-likeness (QED) is 0.776. The summed E-state index contributed by atoms with van der Waals surface area (Å²) in [6, 6.07) is 0. The molecule has 0 aliphatic heterocycles. The highest BCUT2D eigenvalue weighted by atomic mass is 16.4. The van der Waals surface area contributed by atoms with Crippen molar-refractivity contribution in [3.05, 3.63) is 11.4 Å². The summed E-state index contributed by atoms with van der Waals surface area (Å²) in [5, 5.41) is 18.9. The Morgan fingerprint density at radius 3 is 2.47 bits per heavy atom. The maximum absolute atomic E-state index is 12.1. The fourth-order valence-electron chi connectivity index (χ4n) is 2.74. The van der Waals surface area contributed by atoms with E-state index in [1.165, 1.54) is 0 Å². The van der Waals surface area contributed by atoms with E-state index in [-0.39, 0.29) is 12.3 Å². The second-order valence-electron chi connectivity index (χ2n) is 5.33. The maximum atomic E-state index is 12.1. The van der Waals surface area contributed by atoms with Crippen LogP contribution in [-0.2, 0) is 9.59 Å². The fraction of sp³-hybridized carbons (Fsp3) is 0.615. The number of aryl methyl sites for hydroxylation is 2. The molecule has 1 aliphatic carbocycles. The molecule has 6 heteroatoms. The number of carboxylic acid groups (broad SMARTS) is 1. The van der Waals surface area contributed by atoms with E-state index < -0.39 is 11.4 Å². The lowest BCUT2D eigenvalue weighted by atomic mass is 9.82. The summed E-state index contributed by atoms with van der Waals surface area (Å²) in [5.41, 5.74) is 1.27. The van der Waals surface area contributed by atoms with E-state index in [1.807, 2.05) is 6.92 Å². The molecular formula is C13H19N3O3. The molecule has 6 nitrogen and oxygen atoms in total. The van der Waals surface area contributed by atoms with Crippen molar-refractivity contribution < 1.29 is 14.7 Å². The molecule has 0 aromatic carbocycles. The predicted molar refractivity (Wildman–Crippen MR) is 69.8 cm³/mol. The van der Waals surface area contributed by atoms with Gasteiger partial charge in [-0.2, -0.15) is 5.10 Å². The molecule has 0 spiro atoms. The van der Waals surface area contributed by atoms with Crippen molar-refractivity contribution in [3.63, 3.8) is 0 Å². The third-order valence-electron chi connectivity index (χ3n) is 3.91. The highest BCUT2D eigenvalue weighted by molar-refractivity contribution is 5.95. The Morgan fingerprint density at radius 2 is 2.00 bits per heavy atom. The van der Waals surface area contributed by atoms with Gasteiger partial charge in [-0.25, -0.2) is 0 Å². The zero-order chi connectivity index (χ0) is 14.0. The Bertz CT molecular complexity index is 482. The topological polar surface area (TPSA) is 95.1 Å². The van der Waals surface area contributed by atoms with E-state index in [1.54, 1.807) is 6.92 Å². The van der Waals surface area contributed by atoms with Crippen LogP contribution < -0.4 is 5.32 Å². The number of carbonyl (C=O) groups excluding carboxylic acids is 1. The van der Waals surface area contributed by atoms with Crippen LogP contribution in [0, 0.1) is 19.3 Å². The number of rotatable bonds is 4. The molecule has 0 atom stereocenters. The number of carbonyl (C=O) groups is 2. The molecule has 0 bridgehead atoms. The second-order valence-corrected chi connectivity index (χ2v) is 5.33. The molecular weight excluding hydrogens is 246 g/mol. The third kappa shape index (κ3) is 2.62. The number of hydrogen-bond acceptors (Lipinski definition) is 3. The van der Waals surface area contributed by atoms with Gasteiger partial charge in [0, 0.05) is 6.42 Å². The van der Waals surface area contributed by atoms with Gasteiger partial charge in [-0.3, -0.25) is 14.7 Å². The van der Waals surface area contributed by atoms with Gasteiger partial charge in [-0.05, 0) is 26.7 Å². The third-order valence-corrected chi connectivity index (χ3v) is 3.91. The van der Waals surface area contributed by atoms with Crippen molar-refractivity contribution in [2.24, 2.45) is 5.41 Å². The van der Waals surface area contributed by atoms with Gasteiger partial charge in [-0.1, -0.05) is 12.8 Å². The summed E-state index contributed by atoms with van der Waals surface area (Å²) in [7, 11) is 0. The SMILES string of the molecule is Cc1n[nH]c(C)c1NC(=O)CC1(C(=O)O)CCCC1. The molecule has 104 valence electrons. The van der Waals surface area contributed by atoms with Crippen molar-refractivity contribution in [2.45, 2.75) is 46.0 Å². The van der Waals surface area contributed by atoms with Crippen molar-refractivity contribution in [1.82, 2.24) is 10.2 Å². The van der Waals surface area contributed by atoms with Gasteiger partial charge < -0.3 is 10.4 Å². The van der Waals surface area contributed by atoms with Crippen LogP contribution in [0.25, 0.3) is 0 Å². The summed E-state index contributed by atoms with van der Waals surface area (Å²) in [6.45, 7) is 3.61. The summed E-state index contributed by atoms with van der Waals surface area (Å²) in [4.78, 5) is 23.5. The number of aromatic amines is 1. The van der Waals surface area contributed by atoms with Crippen LogP contribution in [0.3, 0.4) is 0 Å². The standard InChI is InChI=1S/C13H19N3O3/c1-8-11(9(2)16-15-8)14-10(17)7-13(12(18)19)5-3-4-6-13/h3-7H2,1-2H3,(H,14,17)(H,15,16)(H,18,19). The normalized spacial score (nSPS) is 17.4. The summed E-state index contributed by atoms with van der Waals surface area (Å²) in [5.74, 6) is -1.11. The van der Waals surface area contributed by atoms with Crippen LogP contribution in [0.15, 0.2) is 0 Å². The molecule has 0 unspecified atom stereocenters. The Balaban J connectivity index is 2.07.